The maximum atomic E-state index is 14.6. The molecule has 3 aliphatic heterocycles. The van der Waals surface area contributed by atoms with Gasteiger partial charge in [-0.3, -0.25) is 18.5 Å². The number of pyridine rings is 2. The minimum atomic E-state index is -1.95. The van der Waals surface area contributed by atoms with Crippen LogP contribution < -0.4 is 17.0 Å². The van der Waals surface area contributed by atoms with Gasteiger partial charge in [0.15, 0.2) is 59.1 Å². The van der Waals surface area contributed by atoms with E-state index in [0.29, 0.717) is 33.9 Å². The first-order valence-electron chi connectivity index (χ1n) is 20.4. The van der Waals surface area contributed by atoms with Crippen LogP contribution in [0.25, 0.3) is 54.4 Å². The third-order valence-electron chi connectivity index (χ3n) is 12.0. The van der Waals surface area contributed by atoms with Gasteiger partial charge in [0.05, 0.1) is 63.3 Å². The zero-order valence-corrected chi connectivity index (χ0v) is 36.2. The molecular formula is C37H45F3N18O11. The Bertz CT molecular complexity index is 2980. The highest BCUT2D eigenvalue weighted by atomic mass is 19.1. The number of imidazole rings is 3. The second-order valence-electron chi connectivity index (χ2n) is 16.4. The number of fused-ring (bicyclic) bond motifs is 3. The Morgan fingerprint density at radius 3 is 1.65 bits per heavy atom. The Hall–Kier alpha value is -6.80. The molecule has 0 aromatic carbocycles. The maximum absolute atomic E-state index is 14.6. The third kappa shape index (κ3) is 8.46. The monoisotopic (exact) mass is 974 g/mol. The van der Waals surface area contributed by atoms with E-state index in [1.807, 2.05) is 0 Å². The Balaban J connectivity index is 0.000000153. The molecule has 9 heterocycles. The van der Waals surface area contributed by atoms with E-state index < -0.39 is 117 Å². The molecule has 6 aromatic rings. The van der Waals surface area contributed by atoms with Gasteiger partial charge in [0.25, 0.3) is 5.56 Å². The fraction of sp³-hybridized carbons (Fsp3) is 0.541. The summed E-state index contributed by atoms with van der Waals surface area (Å²) in [5.74, 6) is 0.297. The van der Waals surface area contributed by atoms with Crippen molar-refractivity contribution in [3.8, 4) is 0 Å². The van der Waals surface area contributed by atoms with E-state index in [2.05, 4.69) is 54.9 Å². The summed E-state index contributed by atoms with van der Waals surface area (Å²) in [6.07, 6.45) is -6.03. The highest BCUT2D eigenvalue weighted by molar-refractivity contribution is 5.84. The van der Waals surface area contributed by atoms with Gasteiger partial charge in [0.2, 0.25) is 0 Å². The summed E-state index contributed by atoms with van der Waals surface area (Å²) in [6, 6.07) is 3.12. The Kier molecular flexibility index (Phi) is 14.0. The number of hydrogen-bond acceptors (Lipinski definition) is 21. The fourth-order valence-electron chi connectivity index (χ4n) is 8.16. The van der Waals surface area contributed by atoms with Crippen LogP contribution in [-0.4, -0.2) is 177 Å². The summed E-state index contributed by atoms with van der Waals surface area (Å²) in [5, 5.41) is 76.0. The second-order valence-corrected chi connectivity index (χ2v) is 16.4. The predicted molar refractivity (Wildman–Crippen MR) is 229 cm³/mol. The van der Waals surface area contributed by atoms with Gasteiger partial charge in [-0.1, -0.05) is 10.2 Å². The minimum Gasteiger partial charge on any atom is -0.397 e. The van der Waals surface area contributed by atoms with E-state index in [0.717, 1.165) is 6.33 Å². The number of ether oxygens (including phenoxy) is 3. The number of aromatic nitrogens is 10. The molecule has 0 amide bonds. The minimum absolute atomic E-state index is 0.0116. The number of nitrogens with zero attached hydrogens (tertiary/aromatic N) is 15. The second kappa shape index (κ2) is 19.3. The molecule has 3 fully saturated rings. The number of alkyl halides is 3. The first-order valence-corrected chi connectivity index (χ1v) is 20.4. The highest BCUT2D eigenvalue weighted by Gasteiger charge is 2.62. The van der Waals surface area contributed by atoms with Gasteiger partial charge in [0, 0.05) is 22.2 Å². The van der Waals surface area contributed by atoms with Crippen molar-refractivity contribution in [3.05, 3.63) is 80.6 Å². The lowest BCUT2D eigenvalue weighted by atomic mass is 9.88. The summed E-state index contributed by atoms with van der Waals surface area (Å²) >= 11 is 0. The Morgan fingerprint density at radius 1 is 0.754 bits per heavy atom. The van der Waals surface area contributed by atoms with Crippen LogP contribution >= 0.6 is 0 Å². The van der Waals surface area contributed by atoms with Gasteiger partial charge in [0.1, 0.15) is 58.6 Å². The van der Waals surface area contributed by atoms with Crippen LogP contribution in [0.4, 0.5) is 24.5 Å². The lowest BCUT2D eigenvalue weighted by Gasteiger charge is -2.29. The molecule has 0 unspecified atom stereocenters. The quantitative estimate of drug-likeness (QED) is 0.0437. The number of H-pyrrole nitrogens is 1. The number of aromatic amines is 1. The molecule has 0 bridgehead atoms. The van der Waals surface area contributed by atoms with E-state index in [4.69, 9.17) is 36.7 Å². The normalized spacial score (nSPS) is 31.8. The summed E-state index contributed by atoms with van der Waals surface area (Å²) in [4.78, 5) is 43.8. The van der Waals surface area contributed by atoms with Crippen molar-refractivity contribution < 1.29 is 63.1 Å². The summed E-state index contributed by atoms with van der Waals surface area (Å²) in [6.45, 7) is -1.43. The van der Waals surface area contributed by atoms with Gasteiger partial charge in [-0.2, -0.15) is 0 Å². The van der Waals surface area contributed by atoms with E-state index in [1.54, 1.807) is 19.1 Å². The molecule has 3 aliphatic rings. The van der Waals surface area contributed by atoms with Crippen LogP contribution in [0.5, 0.6) is 0 Å². The molecule has 370 valence electrons. The SMILES string of the molecule is C[C@@]1(O)[C@H](O)[C@](CO)(CF)O[C@H]1n1cnc2c(N)ccnc21.Cc1nc2c(ncn2[C@@H]2O[C@@](CO)(CN=[N+]=[N-])[C@@H](O)[C@H]2F)c(=O)[nH]1.[N-]=[N+]=NC[C@]1(CO)O[C@@H](n2cnc3c(N)ccnc32)[C@H](F)[C@@H]1O. The van der Waals surface area contributed by atoms with Crippen LogP contribution in [0, 0.1) is 6.92 Å². The van der Waals surface area contributed by atoms with Crippen molar-refractivity contribution in [1.29, 1.82) is 0 Å². The summed E-state index contributed by atoms with van der Waals surface area (Å²) in [5.41, 5.74) is 22.9. The zero-order valence-electron chi connectivity index (χ0n) is 36.2. The predicted octanol–water partition coefficient (Wildman–Crippen LogP) is -0.665. The maximum Gasteiger partial charge on any atom is 0.279 e. The molecule has 9 rings (SSSR count). The number of azide groups is 2. The number of nitrogen functional groups attached to an aromatic ring is 2. The van der Waals surface area contributed by atoms with E-state index in [1.165, 1.54) is 45.7 Å². The molecule has 12 atom stereocenters. The number of nitrogens with one attached hydrogen (secondary N) is 1. The Labute approximate surface area is 383 Å². The molecule has 29 nitrogen and oxygen atoms in total. The number of aliphatic hydroxyl groups is 7. The highest BCUT2D eigenvalue weighted by Crippen LogP contribution is 2.46. The number of nitrogens with two attached hydrogens (primary N) is 2. The van der Waals surface area contributed by atoms with Crippen molar-refractivity contribution in [3.63, 3.8) is 0 Å². The van der Waals surface area contributed by atoms with E-state index in [-0.39, 0.29) is 16.8 Å². The standard InChI is InChI=1S/C13H17FN4O4.C12H14FN7O4.C12H14FN7O3/c1-12(21)10(20)13(4-14,5-19)22-11(12)18-6-17-8-7(15)2-3-16-9(8)18;1-5-17-9-7(10(23)18-5)15-4-20(9)11-6(13)8(22)12(3-21,24-11)2-16-19-14;13-7-9(22)12(4-21,3-18-19-15)23-11(7)20-5-17-8-6(14)1-2-16-10(8)20/h2-3,6,10-11,19-21H,4-5H2,1H3,(H2,15,16);4,6,8,11,21-22H,2-3H2,1H3,(H,17,18,23);1-2,5,7,9,11,21-22H,3-4H2,(H2,14,16)/t10-,11+,12+,13+;6-,8+,11-,12-;7-,9+,11-,12-/m011/s1. The van der Waals surface area contributed by atoms with E-state index in [9.17, 15) is 53.7 Å². The molecular weight excluding hydrogens is 930 g/mol. The number of rotatable bonds is 11. The van der Waals surface area contributed by atoms with Crippen LogP contribution in [-0.2, 0) is 14.2 Å². The zero-order chi connectivity index (χ0) is 50.2. The Morgan fingerprint density at radius 2 is 1.20 bits per heavy atom. The first kappa shape index (κ1) is 50.1. The summed E-state index contributed by atoms with van der Waals surface area (Å²) < 4.78 is 62.8. The first-order chi connectivity index (χ1) is 32.8. The number of halogens is 3. The molecule has 3 saturated heterocycles. The van der Waals surface area contributed by atoms with Gasteiger partial charge in [-0.25, -0.2) is 43.1 Å². The van der Waals surface area contributed by atoms with Gasteiger partial charge in [-0.05, 0) is 37.0 Å². The fourth-order valence-corrected chi connectivity index (χ4v) is 8.16. The molecule has 12 N–H and O–H groups in total. The van der Waals surface area contributed by atoms with Gasteiger partial charge in [-0.15, -0.1) is 0 Å². The van der Waals surface area contributed by atoms with E-state index >= 15 is 0 Å². The molecule has 32 heteroatoms. The molecule has 0 spiro atoms. The lowest BCUT2D eigenvalue weighted by molar-refractivity contribution is -0.137. The molecule has 6 aromatic heterocycles. The molecule has 0 saturated carbocycles. The van der Waals surface area contributed by atoms with Crippen LogP contribution in [0.2, 0.25) is 0 Å². The van der Waals surface area contributed by atoms with Crippen molar-refractivity contribution in [1.82, 2.24) is 48.6 Å². The number of aryl methyl sites for hydroxylation is 1. The third-order valence-corrected chi connectivity index (χ3v) is 12.0. The summed E-state index contributed by atoms with van der Waals surface area (Å²) in [7, 11) is 0. The molecule has 0 radical (unpaired) electrons. The van der Waals surface area contributed by atoms with Gasteiger partial charge >= 0.3 is 0 Å². The van der Waals surface area contributed by atoms with Crippen molar-refractivity contribution in [2.24, 2.45) is 10.2 Å². The van der Waals surface area contributed by atoms with Crippen LogP contribution in [0.1, 0.15) is 31.4 Å². The van der Waals surface area contributed by atoms with Crippen LogP contribution in [0.15, 0.2) is 58.5 Å². The van der Waals surface area contributed by atoms with Crippen LogP contribution in [0.3, 0.4) is 0 Å². The topological polar surface area (TPSA) is 444 Å². The average Bonchev–Trinajstić information content (AvgIpc) is 4.19. The van der Waals surface area contributed by atoms with Gasteiger partial charge < -0.3 is 66.4 Å². The van der Waals surface area contributed by atoms with Crippen molar-refractivity contribution in [2.75, 3.05) is 51.1 Å². The number of aliphatic hydroxyl groups excluding tert-OH is 6. The lowest BCUT2D eigenvalue weighted by Crippen LogP contribution is -2.52. The average molecular weight is 975 g/mol. The molecule has 69 heavy (non-hydrogen) atoms. The smallest absolute Gasteiger partial charge is 0.279 e. The molecule has 0 aliphatic carbocycles. The van der Waals surface area contributed by atoms with Crippen molar-refractivity contribution >= 4 is 44.9 Å². The van der Waals surface area contributed by atoms with Crippen molar-refractivity contribution in [2.45, 2.75) is 85.6 Å². The number of anilines is 2. The largest absolute Gasteiger partial charge is 0.397 e. The number of hydrogen-bond donors (Lipinski definition) is 10.